The zero-order valence-corrected chi connectivity index (χ0v) is 28.5. The molecule has 0 aliphatic rings. The normalized spacial score (nSPS) is 11.4. The summed E-state index contributed by atoms with van der Waals surface area (Å²) in [4.78, 5) is 23.9. The first-order valence-corrected chi connectivity index (χ1v) is 18.8. The maximum absolute atomic E-state index is 12.0. The average Bonchev–Trinajstić information content (AvgIpc) is 2.99. The van der Waals surface area contributed by atoms with Crippen LogP contribution in [0.25, 0.3) is 0 Å². The Bertz CT molecular complexity index is 589. The highest BCUT2D eigenvalue weighted by Crippen LogP contribution is 2.14. The highest BCUT2D eigenvalue weighted by molar-refractivity contribution is 5.75. The van der Waals surface area contributed by atoms with E-state index in [-0.39, 0.29) is 18.5 Å². The molecule has 0 aromatic heterocycles. The van der Waals surface area contributed by atoms with Gasteiger partial charge in [0.2, 0.25) is 5.91 Å². The largest absolute Gasteiger partial charge is 0.464 e. The smallest absolute Gasteiger partial charge is 0.305 e. The van der Waals surface area contributed by atoms with Crippen LogP contribution in [0.1, 0.15) is 206 Å². The van der Waals surface area contributed by atoms with Crippen molar-refractivity contribution in [3.05, 3.63) is 12.2 Å². The van der Waals surface area contributed by atoms with Gasteiger partial charge in [-0.15, -0.1) is 0 Å². The number of unbranched alkanes of at least 4 members (excludes halogenated alkanes) is 25. The van der Waals surface area contributed by atoms with E-state index in [0.717, 1.165) is 25.7 Å². The van der Waals surface area contributed by atoms with Gasteiger partial charge in [-0.25, -0.2) is 0 Å². The lowest BCUT2D eigenvalue weighted by molar-refractivity contribution is -0.144. The number of carbonyl (C=O) groups excluding carboxylic acids is 2. The van der Waals surface area contributed by atoms with Gasteiger partial charge in [0.1, 0.15) is 6.61 Å². The number of carbonyl (C=O) groups is 2. The van der Waals surface area contributed by atoms with Gasteiger partial charge in [0.15, 0.2) is 0 Å². The second-order valence-corrected chi connectivity index (χ2v) is 12.6. The first-order valence-electron chi connectivity index (χ1n) is 18.8. The highest BCUT2D eigenvalue weighted by atomic mass is 16.5. The van der Waals surface area contributed by atoms with Gasteiger partial charge in [-0.2, -0.15) is 0 Å². The highest BCUT2D eigenvalue weighted by Gasteiger charge is 2.04. The third-order valence-electron chi connectivity index (χ3n) is 8.34. The Morgan fingerprint density at radius 3 is 1.26 bits per heavy atom. The third-order valence-corrected chi connectivity index (χ3v) is 8.34. The minimum absolute atomic E-state index is 0.0815. The molecule has 4 heteroatoms. The third kappa shape index (κ3) is 34.9. The maximum Gasteiger partial charge on any atom is 0.305 e. The van der Waals surface area contributed by atoms with Gasteiger partial charge in [-0.1, -0.05) is 167 Å². The quantitative estimate of drug-likeness (QED) is 0.0460. The van der Waals surface area contributed by atoms with E-state index in [0.29, 0.717) is 19.4 Å². The van der Waals surface area contributed by atoms with Crippen LogP contribution in [0.4, 0.5) is 0 Å². The molecule has 0 bridgehead atoms. The summed E-state index contributed by atoms with van der Waals surface area (Å²) in [6.07, 6.45) is 42.1. The van der Waals surface area contributed by atoms with Gasteiger partial charge in [0.25, 0.3) is 0 Å². The molecule has 0 fully saturated rings. The number of esters is 1. The Kier molecular flexibility index (Phi) is 34.7. The maximum atomic E-state index is 12.0. The molecule has 0 aromatic rings. The Hall–Kier alpha value is -1.32. The topological polar surface area (TPSA) is 55.4 Å². The first-order chi connectivity index (χ1) is 20.7. The molecule has 1 N–H and O–H groups in total. The molecular formula is C38H73NO3. The van der Waals surface area contributed by atoms with Crippen LogP contribution in [0.5, 0.6) is 0 Å². The molecule has 0 unspecified atom stereocenters. The summed E-state index contributed by atoms with van der Waals surface area (Å²) in [7, 11) is 0. The molecule has 0 heterocycles. The van der Waals surface area contributed by atoms with Crippen molar-refractivity contribution in [3.63, 3.8) is 0 Å². The molecule has 4 nitrogen and oxygen atoms in total. The Balaban J connectivity index is 3.30. The number of allylic oxidation sites excluding steroid dienone is 2. The van der Waals surface area contributed by atoms with Crippen LogP contribution in [0.3, 0.4) is 0 Å². The van der Waals surface area contributed by atoms with Gasteiger partial charge >= 0.3 is 5.97 Å². The lowest BCUT2D eigenvalue weighted by Crippen LogP contribution is -2.27. The second kappa shape index (κ2) is 35.9. The van der Waals surface area contributed by atoms with Crippen molar-refractivity contribution >= 4 is 11.9 Å². The van der Waals surface area contributed by atoms with Gasteiger partial charge in [-0.05, 0) is 38.5 Å². The molecule has 0 radical (unpaired) electrons. The van der Waals surface area contributed by atoms with E-state index < -0.39 is 0 Å². The minimum atomic E-state index is -0.135. The Morgan fingerprint density at radius 1 is 0.476 bits per heavy atom. The zero-order chi connectivity index (χ0) is 30.6. The predicted octanol–water partition coefficient (Wildman–Crippen LogP) is 11.9. The van der Waals surface area contributed by atoms with Crippen LogP contribution in [0.2, 0.25) is 0 Å². The molecular weight excluding hydrogens is 518 g/mol. The summed E-state index contributed by atoms with van der Waals surface area (Å²) in [5.41, 5.74) is 0. The van der Waals surface area contributed by atoms with Crippen molar-refractivity contribution in [2.75, 3.05) is 13.2 Å². The zero-order valence-electron chi connectivity index (χ0n) is 28.5. The van der Waals surface area contributed by atoms with Crippen LogP contribution in [-0.4, -0.2) is 25.0 Å². The van der Waals surface area contributed by atoms with E-state index in [1.165, 1.54) is 154 Å². The fourth-order valence-corrected chi connectivity index (χ4v) is 5.51. The van der Waals surface area contributed by atoms with Gasteiger partial charge in [0, 0.05) is 12.8 Å². The van der Waals surface area contributed by atoms with E-state index in [2.05, 4.69) is 31.3 Å². The summed E-state index contributed by atoms with van der Waals surface area (Å²) < 4.78 is 5.28. The molecule has 42 heavy (non-hydrogen) atoms. The lowest BCUT2D eigenvalue weighted by Gasteiger charge is -2.07. The van der Waals surface area contributed by atoms with Crippen molar-refractivity contribution in [2.45, 2.75) is 206 Å². The summed E-state index contributed by atoms with van der Waals surface area (Å²) in [6.45, 7) is 5.26. The molecule has 248 valence electrons. The van der Waals surface area contributed by atoms with Crippen LogP contribution in [-0.2, 0) is 14.3 Å². The van der Waals surface area contributed by atoms with E-state index in [9.17, 15) is 9.59 Å². The van der Waals surface area contributed by atoms with E-state index >= 15 is 0 Å². The number of hydrogen-bond donors (Lipinski definition) is 1. The first kappa shape index (κ1) is 40.7. The number of nitrogens with one attached hydrogen (secondary N) is 1. The number of rotatable bonds is 34. The van der Waals surface area contributed by atoms with Crippen molar-refractivity contribution < 1.29 is 14.3 Å². The molecule has 0 spiro atoms. The fourth-order valence-electron chi connectivity index (χ4n) is 5.51. The standard InChI is InChI=1S/C38H73NO3/c1-3-5-7-9-11-13-15-17-19-21-23-25-27-29-31-33-37(40)39-35-36-42-38(41)34-32-30-28-26-24-22-20-18-16-14-12-10-8-6-4-2/h18,20H,3-17,19,21-36H2,1-2H3,(H,39,40)/b20-18-. The van der Waals surface area contributed by atoms with Crippen LogP contribution >= 0.6 is 0 Å². The van der Waals surface area contributed by atoms with E-state index in [1.807, 2.05) is 0 Å². The summed E-state index contributed by atoms with van der Waals surface area (Å²) in [5, 5.41) is 2.89. The van der Waals surface area contributed by atoms with E-state index in [4.69, 9.17) is 4.74 Å². The number of ether oxygens (including phenoxy) is 1. The molecule has 0 rings (SSSR count). The van der Waals surface area contributed by atoms with E-state index in [1.54, 1.807) is 0 Å². The lowest BCUT2D eigenvalue weighted by atomic mass is 10.0. The molecule has 0 aliphatic carbocycles. The van der Waals surface area contributed by atoms with Gasteiger partial charge in [0.05, 0.1) is 6.54 Å². The SMILES string of the molecule is CCCCCCCC/C=C\CCCCCCCC(=O)OCCNC(=O)CCCCCCCCCCCCCCCCC. The number of amides is 1. The molecule has 1 amide bonds. The summed E-state index contributed by atoms with van der Waals surface area (Å²) >= 11 is 0. The van der Waals surface area contributed by atoms with Crippen LogP contribution in [0, 0.1) is 0 Å². The molecule has 0 saturated heterocycles. The Morgan fingerprint density at radius 2 is 0.833 bits per heavy atom. The molecule has 0 atom stereocenters. The van der Waals surface area contributed by atoms with Crippen molar-refractivity contribution in [2.24, 2.45) is 0 Å². The fraction of sp³-hybridized carbons (Fsp3) is 0.895. The molecule has 0 aromatic carbocycles. The van der Waals surface area contributed by atoms with Crippen molar-refractivity contribution in [3.8, 4) is 0 Å². The number of hydrogen-bond acceptors (Lipinski definition) is 3. The minimum Gasteiger partial charge on any atom is -0.464 e. The van der Waals surface area contributed by atoms with Crippen molar-refractivity contribution in [1.82, 2.24) is 5.32 Å². The molecule has 0 aliphatic heterocycles. The predicted molar refractivity (Wildman–Crippen MR) is 183 cm³/mol. The Labute approximate surface area is 263 Å². The van der Waals surface area contributed by atoms with Crippen molar-refractivity contribution in [1.29, 1.82) is 0 Å². The second-order valence-electron chi connectivity index (χ2n) is 12.6. The summed E-state index contributed by atoms with van der Waals surface area (Å²) in [6, 6.07) is 0. The average molecular weight is 592 g/mol. The monoisotopic (exact) mass is 592 g/mol. The van der Waals surface area contributed by atoms with Gasteiger partial charge < -0.3 is 10.1 Å². The van der Waals surface area contributed by atoms with Crippen LogP contribution in [0.15, 0.2) is 12.2 Å². The summed E-state index contributed by atoms with van der Waals surface area (Å²) in [5.74, 6) is -0.0534. The molecule has 0 saturated carbocycles. The van der Waals surface area contributed by atoms with Gasteiger partial charge in [-0.3, -0.25) is 9.59 Å². The van der Waals surface area contributed by atoms with Crippen LogP contribution < -0.4 is 5.32 Å².